The minimum atomic E-state index is -0.0706. The Balaban J connectivity index is 2.28. The normalized spacial score (nSPS) is 37.5. The molecule has 3 saturated carbocycles. The predicted molar refractivity (Wildman–Crippen MR) is 40.1 cm³/mol. The van der Waals surface area contributed by atoms with E-state index >= 15 is 0 Å². The first-order valence-electron chi connectivity index (χ1n) is 4.37. The summed E-state index contributed by atoms with van der Waals surface area (Å²) in [4.78, 5) is 22.5. The van der Waals surface area contributed by atoms with E-state index in [0.29, 0.717) is 0 Å². The van der Waals surface area contributed by atoms with Crippen LogP contribution in [0.4, 0.5) is 0 Å². The smallest absolute Gasteiger partial charge is 0.201 e. The molecule has 2 unspecified atom stereocenters. The number of carbonyl (C=O) groups is 2. The standard InChI is InChI=1S/C9H12O2/c10-8-6-2-1-3-7(5-4-6)9(8)11/h6-7H,1-5H2. The number of hydrogen-bond donors (Lipinski definition) is 0. The fraction of sp³-hybridized carbons (Fsp3) is 0.778. The molecule has 2 heteroatoms. The van der Waals surface area contributed by atoms with Crippen LogP contribution in [0.25, 0.3) is 0 Å². The van der Waals surface area contributed by atoms with Gasteiger partial charge in [-0.1, -0.05) is 6.42 Å². The molecule has 0 saturated heterocycles. The first-order valence-corrected chi connectivity index (χ1v) is 4.37. The zero-order valence-electron chi connectivity index (χ0n) is 6.51. The molecule has 3 rings (SSSR count). The van der Waals surface area contributed by atoms with Crippen molar-refractivity contribution in [3.63, 3.8) is 0 Å². The van der Waals surface area contributed by atoms with Gasteiger partial charge in [0.1, 0.15) is 0 Å². The van der Waals surface area contributed by atoms with E-state index in [1.807, 2.05) is 0 Å². The molecule has 3 fully saturated rings. The number of rotatable bonds is 0. The van der Waals surface area contributed by atoms with Crippen LogP contribution in [0, 0.1) is 11.8 Å². The molecule has 2 bridgehead atoms. The number of fused-ring (bicyclic) bond motifs is 4. The van der Waals surface area contributed by atoms with E-state index in [2.05, 4.69) is 0 Å². The van der Waals surface area contributed by atoms with E-state index in [1.165, 1.54) is 0 Å². The number of hydrogen-bond acceptors (Lipinski definition) is 2. The third kappa shape index (κ3) is 1.01. The summed E-state index contributed by atoms with van der Waals surface area (Å²) in [6.07, 6.45) is 4.93. The molecule has 3 aliphatic carbocycles. The Labute approximate surface area is 66.0 Å². The van der Waals surface area contributed by atoms with Crippen molar-refractivity contribution in [1.82, 2.24) is 0 Å². The van der Waals surface area contributed by atoms with Gasteiger partial charge in [0.2, 0.25) is 11.6 Å². The van der Waals surface area contributed by atoms with Crippen LogP contribution in [0.2, 0.25) is 0 Å². The molecule has 60 valence electrons. The molecule has 0 aromatic carbocycles. The fourth-order valence-electron chi connectivity index (χ4n) is 2.23. The van der Waals surface area contributed by atoms with E-state index in [9.17, 15) is 9.59 Å². The van der Waals surface area contributed by atoms with Gasteiger partial charge in [0.15, 0.2) is 0 Å². The number of Topliss-reactive ketones (excluding diaryl/α,β-unsaturated/α-hetero) is 2. The molecule has 0 amide bonds. The molecule has 0 radical (unpaired) electrons. The Morgan fingerprint density at radius 3 is 1.73 bits per heavy atom. The third-order valence-corrected chi connectivity index (χ3v) is 2.95. The van der Waals surface area contributed by atoms with Crippen molar-refractivity contribution in [1.29, 1.82) is 0 Å². The van der Waals surface area contributed by atoms with E-state index in [-0.39, 0.29) is 23.4 Å². The summed E-state index contributed by atoms with van der Waals surface area (Å²) in [6.45, 7) is 0. The first kappa shape index (κ1) is 7.01. The lowest BCUT2D eigenvalue weighted by atomic mass is 9.82. The molecule has 0 aromatic rings. The van der Waals surface area contributed by atoms with Crippen LogP contribution in [0.1, 0.15) is 32.1 Å². The monoisotopic (exact) mass is 152 g/mol. The second-order valence-electron chi connectivity index (χ2n) is 3.63. The molecular formula is C9H12O2. The zero-order chi connectivity index (χ0) is 7.84. The molecule has 2 atom stereocenters. The highest BCUT2D eigenvalue weighted by Gasteiger charge is 2.38. The van der Waals surface area contributed by atoms with Gasteiger partial charge in [-0.05, 0) is 25.7 Å². The highest BCUT2D eigenvalue weighted by atomic mass is 16.2. The average molecular weight is 152 g/mol. The third-order valence-electron chi connectivity index (χ3n) is 2.95. The number of carbonyl (C=O) groups excluding carboxylic acids is 2. The van der Waals surface area contributed by atoms with Crippen LogP contribution in [0.3, 0.4) is 0 Å². The molecule has 11 heavy (non-hydrogen) atoms. The Bertz CT molecular complexity index is 182. The summed E-state index contributed by atoms with van der Waals surface area (Å²) in [7, 11) is 0. The van der Waals surface area contributed by atoms with Crippen molar-refractivity contribution >= 4 is 11.6 Å². The zero-order valence-corrected chi connectivity index (χ0v) is 6.51. The van der Waals surface area contributed by atoms with Crippen molar-refractivity contribution in [3.8, 4) is 0 Å². The van der Waals surface area contributed by atoms with E-state index in [0.717, 1.165) is 32.1 Å². The summed E-state index contributed by atoms with van der Waals surface area (Å²) in [5.41, 5.74) is 0. The molecule has 0 aromatic heterocycles. The second-order valence-corrected chi connectivity index (χ2v) is 3.63. The second kappa shape index (κ2) is 2.43. The maximum Gasteiger partial charge on any atom is 0.201 e. The molecule has 3 aliphatic rings. The summed E-state index contributed by atoms with van der Waals surface area (Å²) < 4.78 is 0. The molecule has 0 N–H and O–H groups in total. The lowest BCUT2D eigenvalue weighted by Gasteiger charge is -2.19. The van der Waals surface area contributed by atoms with E-state index in [4.69, 9.17) is 0 Å². The van der Waals surface area contributed by atoms with Gasteiger partial charge in [0.05, 0.1) is 0 Å². The van der Waals surface area contributed by atoms with Crippen LogP contribution in [0.5, 0.6) is 0 Å². The van der Waals surface area contributed by atoms with Crippen LogP contribution in [-0.4, -0.2) is 11.6 Å². The van der Waals surface area contributed by atoms with Gasteiger partial charge in [0, 0.05) is 11.8 Å². The largest absolute Gasteiger partial charge is 0.291 e. The average Bonchev–Trinajstić information content (AvgIpc) is 2.30. The molecule has 0 heterocycles. The van der Waals surface area contributed by atoms with Crippen molar-refractivity contribution in [2.75, 3.05) is 0 Å². The Hall–Kier alpha value is -0.660. The topological polar surface area (TPSA) is 34.1 Å². The quantitative estimate of drug-likeness (QED) is 0.491. The summed E-state index contributed by atoms with van der Waals surface area (Å²) in [6, 6.07) is 0. The summed E-state index contributed by atoms with van der Waals surface area (Å²) in [5, 5.41) is 0. The maximum atomic E-state index is 11.3. The van der Waals surface area contributed by atoms with Gasteiger partial charge >= 0.3 is 0 Å². The van der Waals surface area contributed by atoms with Crippen molar-refractivity contribution in [2.45, 2.75) is 32.1 Å². The molecule has 0 spiro atoms. The van der Waals surface area contributed by atoms with Gasteiger partial charge in [-0.3, -0.25) is 9.59 Å². The fourth-order valence-corrected chi connectivity index (χ4v) is 2.23. The van der Waals surface area contributed by atoms with Gasteiger partial charge < -0.3 is 0 Å². The predicted octanol–water partition coefficient (Wildman–Crippen LogP) is 1.33. The first-order chi connectivity index (χ1) is 5.29. The van der Waals surface area contributed by atoms with Crippen LogP contribution in [-0.2, 0) is 9.59 Å². The van der Waals surface area contributed by atoms with Gasteiger partial charge in [-0.2, -0.15) is 0 Å². The molecule has 2 nitrogen and oxygen atoms in total. The highest BCUT2D eigenvalue weighted by molar-refractivity contribution is 6.39. The summed E-state index contributed by atoms with van der Waals surface area (Å²) >= 11 is 0. The van der Waals surface area contributed by atoms with Crippen LogP contribution in [0.15, 0.2) is 0 Å². The Morgan fingerprint density at radius 2 is 1.27 bits per heavy atom. The lowest BCUT2D eigenvalue weighted by molar-refractivity contribution is -0.143. The van der Waals surface area contributed by atoms with E-state index < -0.39 is 0 Å². The maximum absolute atomic E-state index is 11.3. The van der Waals surface area contributed by atoms with Crippen molar-refractivity contribution in [3.05, 3.63) is 0 Å². The highest BCUT2D eigenvalue weighted by Crippen LogP contribution is 2.34. The number of ketones is 2. The Morgan fingerprint density at radius 1 is 0.818 bits per heavy atom. The van der Waals surface area contributed by atoms with E-state index in [1.54, 1.807) is 0 Å². The van der Waals surface area contributed by atoms with Gasteiger partial charge in [-0.25, -0.2) is 0 Å². The molecule has 0 aliphatic heterocycles. The minimum absolute atomic E-state index is 0.0706. The lowest BCUT2D eigenvalue weighted by Crippen LogP contribution is -2.32. The van der Waals surface area contributed by atoms with Gasteiger partial charge in [-0.15, -0.1) is 0 Å². The van der Waals surface area contributed by atoms with Crippen LogP contribution < -0.4 is 0 Å². The summed E-state index contributed by atoms with van der Waals surface area (Å²) in [5.74, 6) is 0.0556. The van der Waals surface area contributed by atoms with Crippen molar-refractivity contribution < 1.29 is 9.59 Å². The molecular weight excluding hydrogens is 140 g/mol. The van der Waals surface area contributed by atoms with Crippen molar-refractivity contribution in [2.24, 2.45) is 11.8 Å². The minimum Gasteiger partial charge on any atom is -0.291 e. The SMILES string of the molecule is O=C1C(=O)C2CCCC1CC2. The Kier molecular flexibility index (Phi) is 1.55. The van der Waals surface area contributed by atoms with Gasteiger partial charge in [0.25, 0.3) is 0 Å². The van der Waals surface area contributed by atoms with Crippen LogP contribution >= 0.6 is 0 Å².